The number of nitrogens with two attached hydrogens (primary N) is 1. The second kappa shape index (κ2) is 5.42. The second-order valence-corrected chi connectivity index (χ2v) is 7.37. The average molecular weight is 318 g/mol. The summed E-state index contributed by atoms with van der Waals surface area (Å²) in [5, 5.41) is 0.626. The predicted octanol–water partition coefficient (Wildman–Crippen LogP) is 3.26. The molecule has 0 aliphatic carbocycles. The fraction of sp³-hybridized carbons (Fsp3) is 0.417. The first kappa shape index (κ1) is 13.4. The minimum Gasteiger partial charge on any atom is -0.369 e. The number of halogens is 2. The van der Waals surface area contributed by atoms with E-state index in [0.29, 0.717) is 16.7 Å². The van der Waals surface area contributed by atoms with Crippen LogP contribution in [0.25, 0.3) is 11.0 Å². The zero-order chi connectivity index (χ0) is 13.4. The number of hydrogen-bond acceptors (Lipinski definition) is 4. The van der Waals surface area contributed by atoms with Crippen LogP contribution < -0.4 is 5.73 Å². The molecule has 1 aliphatic heterocycles. The van der Waals surface area contributed by atoms with E-state index in [0.717, 1.165) is 23.6 Å². The third-order valence-electron chi connectivity index (χ3n) is 3.09. The molecule has 1 saturated heterocycles. The topological polar surface area (TPSA) is 43.8 Å². The van der Waals surface area contributed by atoms with Crippen LogP contribution in [0.1, 0.15) is 0 Å². The molecule has 2 heterocycles. The van der Waals surface area contributed by atoms with Gasteiger partial charge >= 0.3 is 0 Å². The van der Waals surface area contributed by atoms with E-state index in [9.17, 15) is 4.39 Å². The first-order chi connectivity index (χ1) is 9.15. The van der Waals surface area contributed by atoms with E-state index >= 15 is 0 Å². The van der Waals surface area contributed by atoms with Crippen LogP contribution in [0.2, 0.25) is 5.02 Å². The summed E-state index contributed by atoms with van der Waals surface area (Å²) >= 11 is 9.76. The maximum atomic E-state index is 13.4. The van der Waals surface area contributed by atoms with Gasteiger partial charge in [0.2, 0.25) is 5.95 Å². The average Bonchev–Trinajstić information content (AvgIpc) is 2.68. The van der Waals surface area contributed by atoms with Crippen molar-refractivity contribution >= 4 is 52.1 Å². The van der Waals surface area contributed by atoms with Crippen molar-refractivity contribution in [1.29, 1.82) is 0 Å². The molecule has 19 heavy (non-hydrogen) atoms. The highest BCUT2D eigenvalue weighted by atomic mass is 35.5. The molecule has 1 aromatic heterocycles. The Morgan fingerprint density at radius 2 is 2.32 bits per heavy atom. The van der Waals surface area contributed by atoms with Gasteiger partial charge in [-0.3, -0.25) is 0 Å². The minimum atomic E-state index is -0.457. The number of anilines is 1. The lowest BCUT2D eigenvalue weighted by Gasteiger charge is -2.22. The number of thioether (sulfide) groups is 2. The predicted molar refractivity (Wildman–Crippen MR) is 82.7 cm³/mol. The van der Waals surface area contributed by atoms with E-state index in [2.05, 4.69) is 4.98 Å². The lowest BCUT2D eigenvalue weighted by atomic mass is 10.3. The summed E-state index contributed by atoms with van der Waals surface area (Å²) in [4.78, 5) is 4.21. The number of rotatable bonds is 2. The van der Waals surface area contributed by atoms with Crippen molar-refractivity contribution in [1.82, 2.24) is 9.55 Å². The molecule has 1 atom stereocenters. The molecule has 1 aliphatic rings. The van der Waals surface area contributed by atoms with Crippen molar-refractivity contribution in [3.63, 3.8) is 0 Å². The molecule has 2 aromatic rings. The molecule has 0 saturated carbocycles. The van der Waals surface area contributed by atoms with Gasteiger partial charge in [0.25, 0.3) is 0 Å². The van der Waals surface area contributed by atoms with Crippen molar-refractivity contribution in [3.05, 3.63) is 23.0 Å². The van der Waals surface area contributed by atoms with Gasteiger partial charge in [0, 0.05) is 35.1 Å². The van der Waals surface area contributed by atoms with E-state index < -0.39 is 5.82 Å². The van der Waals surface area contributed by atoms with E-state index in [-0.39, 0.29) is 5.02 Å². The smallest absolute Gasteiger partial charge is 0.201 e. The maximum Gasteiger partial charge on any atom is 0.201 e. The van der Waals surface area contributed by atoms with Crippen molar-refractivity contribution in [2.45, 2.75) is 11.8 Å². The largest absolute Gasteiger partial charge is 0.369 e. The number of hydrogen-bond donors (Lipinski definition) is 1. The zero-order valence-electron chi connectivity index (χ0n) is 10.1. The van der Waals surface area contributed by atoms with Gasteiger partial charge in [-0.15, -0.1) is 0 Å². The Hall–Kier alpha value is -0.590. The number of aromatic nitrogens is 2. The van der Waals surface area contributed by atoms with Crippen LogP contribution in [0.3, 0.4) is 0 Å². The number of nitrogens with zero attached hydrogens (tertiary/aromatic N) is 2. The molecule has 0 amide bonds. The Morgan fingerprint density at radius 1 is 1.47 bits per heavy atom. The summed E-state index contributed by atoms with van der Waals surface area (Å²) in [6.07, 6.45) is 0. The highest BCUT2D eigenvalue weighted by Gasteiger charge is 2.18. The van der Waals surface area contributed by atoms with E-state index in [1.807, 2.05) is 28.1 Å². The molecule has 102 valence electrons. The Kier molecular flexibility index (Phi) is 3.82. The standard InChI is InChI=1S/C12H13ClFN3S2/c13-8-3-11-10(4-9(8)14)16-12(15)17(11)5-7-6-18-1-2-19-7/h3-4,7H,1-2,5-6H2,(H2,15,16). The van der Waals surface area contributed by atoms with E-state index in [1.165, 1.54) is 11.8 Å². The van der Waals surface area contributed by atoms with Gasteiger partial charge < -0.3 is 10.3 Å². The molecule has 7 heteroatoms. The molecule has 1 unspecified atom stereocenters. The van der Waals surface area contributed by atoms with Crippen LogP contribution in [0.4, 0.5) is 10.3 Å². The second-order valence-electron chi connectivity index (χ2n) is 4.40. The van der Waals surface area contributed by atoms with Gasteiger partial charge in [0.05, 0.1) is 16.1 Å². The van der Waals surface area contributed by atoms with E-state index in [1.54, 1.807) is 6.07 Å². The van der Waals surface area contributed by atoms with Crippen LogP contribution in [0.15, 0.2) is 12.1 Å². The van der Waals surface area contributed by atoms with Gasteiger partial charge in [-0.05, 0) is 6.07 Å². The molecule has 2 N–H and O–H groups in total. The Bertz CT molecular complexity index is 611. The summed E-state index contributed by atoms with van der Waals surface area (Å²) in [6, 6.07) is 2.95. The third-order valence-corrected chi connectivity index (χ3v) is 6.21. The fourth-order valence-electron chi connectivity index (χ4n) is 2.18. The van der Waals surface area contributed by atoms with Gasteiger partial charge in [-0.25, -0.2) is 9.37 Å². The van der Waals surface area contributed by atoms with Crippen molar-refractivity contribution in [3.8, 4) is 0 Å². The van der Waals surface area contributed by atoms with Crippen LogP contribution in [0.5, 0.6) is 0 Å². The molecule has 3 rings (SSSR count). The van der Waals surface area contributed by atoms with Gasteiger partial charge in [0.1, 0.15) is 5.82 Å². The number of nitrogen functional groups attached to an aromatic ring is 1. The summed E-state index contributed by atoms with van der Waals surface area (Å²) in [7, 11) is 0. The quantitative estimate of drug-likeness (QED) is 0.923. The van der Waals surface area contributed by atoms with Crippen LogP contribution in [-0.2, 0) is 6.54 Å². The highest BCUT2D eigenvalue weighted by molar-refractivity contribution is 8.06. The Balaban J connectivity index is 1.97. The van der Waals surface area contributed by atoms with Crippen LogP contribution in [0, 0.1) is 5.82 Å². The molecule has 0 radical (unpaired) electrons. The Labute approximate surface area is 124 Å². The zero-order valence-corrected chi connectivity index (χ0v) is 12.5. The molecule has 0 spiro atoms. The first-order valence-corrected chi connectivity index (χ1v) is 8.53. The van der Waals surface area contributed by atoms with E-state index in [4.69, 9.17) is 17.3 Å². The summed E-state index contributed by atoms with van der Waals surface area (Å²) in [6.45, 7) is 0.794. The third kappa shape index (κ3) is 2.66. The van der Waals surface area contributed by atoms with Crippen molar-refractivity contribution < 1.29 is 4.39 Å². The van der Waals surface area contributed by atoms with Gasteiger partial charge in [-0.1, -0.05) is 11.6 Å². The number of fused-ring (bicyclic) bond motifs is 1. The summed E-state index contributed by atoms with van der Waals surface area (Å²) in [5.41, 5.74) is 7.31. The summed E-state index contributed by atoms with van der Waals surface area (Å²) < 4.78 is 15.4. The molecule has 3 nitrogen and oxygen atoms in total. The number of benzene rings is 1. The summed E-state index contributed by atoms with van der Waals surface area (Å²) in [5.74, 6) is 3.45. The molecular formula is C12H13ClFN3S2. The molecular weight excluding hydrogens is 305 g/mol. The molecule has 1 aromatic carbocycles. The lowest BCUT2D eigenvalue weighted by molar-refractivity contribution is 0.629. The fourth-order valence-corrected chi connectivity index (χ4v) is 4.99. The Morgan fingerprint density at radius 3 is 3.05 bits per heavy atom. The van der Waals surface area contributed by atoms with Gasteiger partial charge in [-0.2, -0.15) is 23.5 Å². The van der Waals surface area contributed by atoms with Crippen LogP contribution >= 0.6 is 35.1 Å². The van der Waals surface area contributed by atoms with Crippen molar-refractivity contribution in [2.75, 3.05) is 23.0 Å². The number of imidazole rings is 1. The minimum absolute atomic E-state index is 0.110. The van der Waals surface area contributed by atoms with Gasteiger partial charge in [0.15, 0.2) is 0 Å². The van der Waals surface area contributed by atoms with Crippen LogP contribution in [-0.4, -0.2) is 32.1 Å². The van der Waals surface area contributed by atoms with Crippen molar-refractivity contribution in [2.24, 2.45) is 0 Å². The normalized spacial score (nSPS) is 20.0. The lowest BCUT2D eigenvalue weighted by Crippen LogP contribution is -2.21. The molecule has 0 bridgehead atoms. The highest BCUT2D eigenvalue weighted by Crippen LogP contribution is 2.29. The first-order valence-electron chi connectivity index (χ1n) is 5.95. The maximum absolute atomic E-state index is 13.4. The monoisotopic (exact) mass is 317 g/mol. The SMILES string of the molecule is Nc1nc2cc(F)c(Cl)cc2n1CC1CSCCS1. The molecule has 1 fully saturated rings.